The van der Waals surface area contributed by atoms with Crippen LogP contribution in [0.5, 0.6) is 0 Å². The molecule has 3 aromatic carbocycles. The first kappa shape index (κ1) is 23.5. The minimum absolute atomic E-state index is 0.0207. The summed E-state index contributed by atoms with van der Waals surface area (Å²) in [6.07, 6.45) is 1.10. The average molecular weight is 530 g/mol. The summed E-state index contributed by atoms with van der Waals surface area (Å²) in [5.41, 5.74) is 4.45. The van der Waals surface area contributed by atoms with Gasteiger partial charge in [0.2, 0.25) is 0 Å². The maximum atomic E-state index is 9.43. The van der Waals surface area contributed by atoms with E-state index in [0.717, 1.165) is 17.5 Å². The van der Waals surface area contributed by atoms with Crippen molar-refractivity contribution in [2.45, 2.75) is 37.8 Å². The fourth-order valence-corrected chi connectivity index (χ4v) is 4.28. The van der Waals surface area contributed by atoms with Crippen LogP contribution in [0.15, 0.2) is 72.8 Å². The zero-order valence-electron chi connectivity index (χ0n) is 17.8. The van der Waals surface area contributed by atoms with E-state index in [1.165, 1.54) is 9.13 Å². The van der Waals surface area contributed by atoms with E-state index in [1.807, 2.05) is 36.4 Å². The molecule has 3 atom stereocenters. The third kappa shape index (κ3) is 6.17. The van der Waals surface area contributed by atoms with Gasteiger partial charge in [0.15, 0.2) is 0 Å². The Morgan fingerprint density at radius 2 is 1.44 bits per heavy atom. The summed E-state index contributed by atoms with van der Waals surface area (Å²) in [5, 5.41) is 31.7. The van der Waals surface area contributed by atoms with Crippen LogP contribution in [0.3, 0.4) is 0 Å². The van der Waals surface area contributed by atoms with Crippen molar-refractivity contribution in [3.05, 3.63) is 104 Å². The van der Waals surface area contributed by atoms with Crippen molar-refractivity contribution < 1.29 is 0 Å². The van der Waals surface area contributed by atoms with Crippen molar-refractivity contribution >= 4 is 22.6 Å². The summed E-state index contributed by atoms with van der Waals surface area (Å²) in [6.45, 7) is 2.12. The molecule has 4 nitrogen and oxygen atoms in total. The number of hydrogen-bond acceptors (Lipinski definition) is 4. The van der Waals surface area contributed by atoms with E-state index in [1.54, 1.807) is 6.07 Å². The molecular weight excluding hydrogens is 507 g/mol. The zero-order valence-corrected chi connectivity index (χ0v) is 20.0. The number of nitrogens with zero attached hydrogens (tertiary/aromatic N) is 3. The number of benzene rings is 3. The van der Waals surface area contributed by atoms with Gasteiger partial charge in [-0.1, -0.05) is 36.4 Å². The van der Waals surface area contributed by atoms with Crippen molar-refractivity contribution in [3.8, 4) is 18.2 Å². The number of rotatable bonds is 8. The molecule has 3 aromatic rings. The predicted molar refractivity (Wildman–Crippen MR) is 133 cm³/mol. The second kappa shape index (κ2) is 11.4. The van der Waals surface area contributed by atoms with Crippen LogP contribution < -0.4 is 5.32 Å². The van der Waals surface area contributed by atoms with Gasteiger partial charge in [0.1, 0.15) is 0 Å². The van der Waals surface area contributed by atoms with E-state index < -0.39 is 0 Å². The molecule has 0 saturated carbocycles. The molecule has 1 N–H and O–H groups in total. The molecule has 158 valence electrons. The molecule has 0 aliphatic heterocycles. The Morgan fingerprint density at radius 1 is 0.844 bits per heavy atom. The predicted octanol–water partition coefficient (Wildman–Crippen LogP) is 5.99. The number of nitriles is 3. The van der Waals surface area contributed by atoms with E-state index in [0.29, 0.717) is 17.5 Å². The van der Waals surface area contributed by atoms with Gasteiger partial charge in [0.25, 0.3) is 0 Å². The van der Waals surface area contributed by atoms with Gasteiger partial charge in [-0.2, -0.15) is 15.8 Å². The van der Waals surface area contributed by atoms with Crippen molar-refractivity contribution in [2.75, 3.05) is 0 Å². The molecule has 1 unspecified atom stereocenters. The molecule has 0 aliphatic rings. The highest BCUT2D eigenvalue weighted by atomic mass is 127. The summed E-state index contributed by atoms with van der Waals surface area (Å²) in [5.74, 6) is 0.101. The van der Waals surface area contributed by atoms with Crippen molar-refractivity contribution in [1.29, 1.82) is 15.8 Å². The summed E-state index contributed by atoms with van der Waals surface area (Å²) in [6, 6.07) is 30.1. The molecule has 0 heterocycles. The lowest BCUT2D eigenvalue weighted by Gasteiger charge is -2.30. The molecule has 0 aromatic heterocycles. The van der Waals surface area contributed by atoms with Gasteiger partial charge in [0, 0.05) is 21.6 Å². The first-order chi connectivity index (χ1) is 15.5. The summed E-state index contributed by atoms with van der Waals surface area (Å²) in [4.78, 5) is 0. The molecule has 3 rings (SSSR count). The van der Waals surface area contributed by atoms with Crippen molar-refractivity contribution in [3.63, 3.8) is 0 Å². The summed E-state index contributed by atoms with van der Waals surface area (Å²) in [7, 11) is 0. The van der Waals surface area contributed by atoms with Gasteiger partial charge in [-0.3, -0.25) is 0 Å². The Bertz CT molecular complexity index is 1180. The molecular formula is C27H23IN4. The maximum absolute atomic E-state index is 9.43. The fourth-order valence-electron chi connectivity index (χ4n) is 3.92. The van der Waals surface area contributed by atoms with Gasteiger partial charge in [-0.05, 0) is 89.0 Å². The Balaban J connectivity index is 1.92. The second-order valence-electron chi connectivity index (χ2n) is 7.78. The average Bonchev–Trinajstić information content (AvgIpc) is 2.83. The van der Waals surface area contributed by atoms with Crippen LogP contribution in [-0.2, 0) is 6.42 Å². The largest absolute Gasteiger partial charge is 0.306 e. The topological polar surface area (TPSA) is 83.4 Å². The molecule has 0 saturated heterocycles. The zero-order chi connectivity index (χ0) is 22.9. The van der Waals surface area contributed by atoms with E-state index in [4.69, 9.17) is 0 Å². The quantitative estimate of drug-likeness (QED) is 0.363. The molecule has 0 spiro atoms. The van der Waals surface area contributed by atoms with E-state index >= 15 is 0 Å². The lowest BCUT2D eigenvalue weighted by molar-refractivity contribution is 0.401. The van der Waals surface area contributed by atoms with E-state index in [-0.39, 0.29) is 18.0 Å². The molecule has 0 radical (unpaired) electrons. The molecule has 5 heteroatoms. The number of hydrogen-bond donors (Lipinski definition) is 1. The smallest absolute Gasteiger partial charge is 0.0991 e. The van der Waals surface area contributed by atoms with Crippen LogP contribution in [0.4, 0.5) is 0 Å². The van der Waals surface area contributed by atoms with Gasteiger partial charge in [-0.25, -0.2) is 0 Å². The normalized spacial score (nSPS) is 13.2. The SMILES string of the molecule is C[C@H](NC(CC#N)c1cccc(C#N)c1)[C@@H](Cc1ccc(I)cc1)c1cccc(C#N)c1. The lowest BCUT2D eigenvalue weighted by atomic mass is 9.85. The van der Waals surface area contributed by atoms with Gasteiger partial charge in [-0.15, -0.1) is 0 Å². The van der Waals surface area contributed by atoms with Gasteiger partial charge < -0.3 is 5.32 Å². The van der Waals surface area contributed by atoms with E-state index in [2.05, 4.69) is 83.4 Å². The van der Waals surface area contributed by atoms with Crippen LogP contribution in [0, 0.1) is 37.6 Å². The third-order valence-electron chi connectivity index (χ3n) is 5.59. The van der Waals surface area contributed by atoms with Crippen LogP contribution in [0.2, 0.25) is 0 Å². The van der Waals surface area contributed by atoms with Crippen LogP contribution in [0.1, 0.15) is 53.1 Å². The van der Waals surface area contributed by atoms with Crippen LogP contribution in [-0.4, -0.2) is 6.04 Å². The Hall–Kier alpha value is -3.18. The highest BCUT2D eigenvalue weighted by molar-refractivity contribution is 14.1. The molecule has 0 bridgehead atoms. The first-order valence-electron chi connectivity index (χ1n) is 10.4. The lowest BCUT2D eigenvalue weighted by Crippen LogP contribution is -2.36. The summed E-state index contributed by atoms with van der Waals surface area (Å²) >= 11 is 2.30. The number of halogens is 1. The van der Waals surface area contributed by atoms with Crippen molar-refractivity contribution in [2.24, 2.45) is 0 Å². The number of nitrogens with one attached hydrogen (secondary N) is 1. The summed E-state index contributed by atoms with van der Waals surface area (Å²) < 4.78 is 1.19. The van der Waals surface area contributed by atoms with Crippen LogP contribution >= 0.6 is 22.6 Å². The Morgan fingerprint density at radius 3 is 2.03 bits per heavy atom. The first-order valence-corrected chi connectivity index (χ1v) is 11.5. The highest BCUT2D eigenvalue weighted by Crippen LogP contribution is 2.28. The second-order valence-corrected chi connectivity index (χ2v) is 9.03. The molecule has 0 fully saturated rings. The monoisotopic (exact) mass is 530 g/mol. The standard InChI is InChI=1S/C27H23IN4/c1-19(32-27(12-13-29)24-7-3-5-22(15-24)18-31)26(16-20-8-10-25(28)11-9-20)23-6-2-4-21(14-23)17-30/h2-11,14-15,19,26-27,32H,12,16H2,1H3/t19-,26+,27?/m0/s1. The van der Waals surface area contributed by atoms with E-state index in [9.17, 15) is 15.8 Å². The van der Waals surface area contributed by atoms with Gasteiger partial charge >= 0.3 is 0 Å². The Labute approximate surface area is 203 Å². The molecule has 0 aliphatic carbocycles. The van der Waals surface area contributed by atoms with Gasteiger partial charge in [0.05, 0.1) is 35.8 Å². The fraction of sp³-hybridized carbons (Fsp3) is 0.222. The minimum atomic E-state index is -0.193. The molecule has 0 amide bonds. The Kier molecular flexibility index (Phi) is 8.40. The third-order valence-corrected chi connectivity index (χ3v) is 6.31. The van der Waals surface area contributed by atoms with Crippen LogP contribution in [0.25, 0.3) is 0 Å². The highest BCUT2D eigenvalue weighted by Gasteiger charge is 2.24. The minimum Gasteiger partial charge on any atom is -0.306 e. The maximum Gasteiger partial charge on any atom is 0.0991 e. The van der Waals surface area contributed by atoms with Crippen molar-refractivity contribution in [1.82, 2.24) is 5.32 Å². The molecule has 32 heavy (non-hydrogen) atoms.